The number of methoxy groups -OCH3 is 2. The number of fused-ring (bicyclic) bond motifs is 2. The second-order valence-corrected chi connectivity index (χ2v) is 37.9. The molecule has 17 rings (SSSR count). The van der Waals surface area contributed by atoms with Crippen LogP contribution >= 0.6 is 28.6 Å². The minimum absolute atomic E-state index is 0. The van der Waals surface area contributed by atoms with Crippen LogP contribution in [0.15, 0.2) is 346 Å². The first-order valence-electron chi connectivity index (χ1n) is 44.3. The molecule has 0 aliphatic carbocycles. The van der Waals surface area contributed by atoms with Gasteiger partial charge in [0.25, 0.3) is 0 Å². The fourth-order valence-corrected chi connectivity index (χ4v) is 17.2. The number of anilines is 2. The third-order valence-electron chi connectivity index (χ3n) is 24.2. The molecule has 2 fully saturated rings. The second-order valence-electron chi connectivity index (χ2n) is 34.6. The van der Waals surface area contributed by atoms with E-state index in [0.29, 0.717) is 60.7 Å². The van der Waals surface area contributed by atoms with Crippen molar-refractivity contribution in [2.75, 3.05) is 24.0 Å². The summed E-state index contributed by atoms with van der Waals surface area (Å²) in [6, 6.07) is 105. The zero-order valence-electron chi connectivity index (χ0n) is 77.6. The molecule has 22 heteroatoms. The summed E-state index contributed by atoms with van der Waals surface area (Å²) in [5.74, 6) is 0.561. The zero-order valence-corrected chi connectivity index (χ0v) is 84.1. The van der Waals surface area contributed by atoms with Gasteiger partial charge in [-0.15, -0.1) is 20.9 Å². The molecule has 0 radical (unpaired) electrons. The average Bonchev–Trinajstić information content (AvgIpc) is 0.741. The first kappa shape index (κ1) is 112. The van der Waals surface area contributed by atoms with Gasteiger partial charge in [0.05, 0.1) is 44.2 Å². The molecule has 0 spiro atoms. The van der Waals surface area contributed by atoms with Crippen molar-refractivity contribution in [1.29, 1.82) is 0 Å². The van der Waals surface area contributed by atoms with Gasteiger partial charge in [0.15, 0.2) is 5.78 Å². The molecule has 2 aliphatic rings. The number of hydrogen-bond donors (Lipinski definition) is 1. The topological polar surface area (TPSA) is 139 Å². The van der Waals surface area contributed by atoms with Gasteiger partial charge in [-0.1, -0.05) is 279 Å². The molecule has 2 N–H and O–H groups in total. The van der Waals surface area contributed by atoms with Crippen LogP contribution in [0.3, 0.4) is 0 Å². The molecule has 0 saturated carbocycles. The predicted octanol–water partition coefficient (Wildman–Crippen LogP) is 29.1. The van der Waals surface area contributed by atoms with E-state index in [1.54, 1.807) is 60.4 Å². The normalized spacial score (nSPS) is 14.5. The Morgan fingerprint density at radius 3 is 1.26 bits per heavy atom. The number of β-lactam (4-membered cyclic amide) rings is 2. The maximum atomic E-state index is 13.5. The van der Waals surface area contributed by atoms with Crippen molar-refractivity contribution < 1.29 is 184 Å². The van der Waals surface area contributed by atoms with Crippen LogP contribution in [0.4, 0.5) is 28.9 Å². The van der Waals surface area contributed by atoms with Gasteiger partial charge in [-0.3, -0.25) is 14.4 Å². The van der Waals surface area contributed by atoms with Crippen LogP contribution in [0.25, 0.3) is 38.4 Å². The number of nitrogens with zero attached hydrogens (tertiary/aromatic N) is 2. The number of carbonyl (C=O) groups excluding carboxylic acids is 3. The van der Waals surface area contributed by atoms with E-state index in [1.165, 1.54) is 115 Å². The van der Waals surface area contributed by atoms with Crippen LogP contribution in [-0.2, 0) is 48.9 Å². The summed E-state index contributed by atoms with van der Waals surface area (Å²) >= 11 is -0.346. The molecule has 2 heterocycles. The molecule has 1 unspecified atom stereocenters. The summed E-state index contributed by atoms with van der Waals surface area (Å²) in [5.41, 5.74) is 24.4. The second kappa shape index (κ2) is 54.0. The van der Waals surface area contributed by atoms with Crippen molar-refractivity contribution in [3.05, 3.63) is 455 Å². The molecule has 15 aromatic carbocycles. The number of aliphatic hydroxyl groups excluding tert-OH is 1. The molecule has 716 valence electrons. The monoisotopic (exact) mass is 2060 g/mol. The third kappa shape index (κ3) is 29.8. The summed E-state index contributed by atoms with van der Waals surface area (Å²) in [7, 11) is 15.9. The number of hydrogen-bond acceptors (Lipinski definition) is 8. The number of nitrogens with one attached hydrogen (secondary N) is 1. The van der Waals surface area contributed by atoms with Crippen molar-refractivity contribution in [3.8, 4) is 34.1 Å². The molecule has 2 aliphatic heterocycles. The minimum atomic E-state index is -0.924. The Morgan fingerprint density at radius 1 is 0.482 bits per heavy atom. The number of benzene rings is 15. The SMILES string of the molecule is Cc1cc(C)cc(C(C)(C)C)c1.O=C(CC[C@H]1C(=O)N(c2ccc(F)cc2)[C@@H]1c1ccc(OCc2ccccc2)cc1)c1ccc(F)cc1.O=C1[C@H](CC[C@H](O)c2ccc(F)cc2)[C@@H](c2ccc(OCc3ccccc3)cc2)N1c1ccc(F)cc1.[Ar].[Ar].[Ar].[CH2-][C@H](C(C)C)C([NH-])(c1ccc(OC)cc1)c1ccc(OC)cc1.[CH2-]c1ccc2ccccc2c1-c1c(P)ccc2ccccc12.[Cl][Ru][Cl]. The molecule has 0 aromatic heterocycles. The van der Waals surface area contributed by atoms with Crippen molar-refractivity contribution >= 4 is 84.4 Å². The predicted molar refractivity (Wildman–Crippen MR) is 537 cm³/mol. The molecule has 11 nitrogen and oxygen atoms in total. The van der Waals surface area contributed by atoms with Gasteiger partial charge >= 0.3 is 34.5 Å². The molecular weight excluding hydrogens is 1950 g/mol. The number of halogens is 6. The molecule has 2 amide bonds. The van der Waals surface area contributed by atoms with Gasteiger partial charge in [-0.25, -0.2) is 17.6 Å². The Kier molecular flexibility index (Phi) is 44.2. The number of carbonyl (C=O) groups is 3. The van der Waals surface area contributed by atoms with E-state index in [4.69, 9.17) is 38.3 Å². The number of aryl methyl sites for hydroxylation is 2. The molecule has 7 atom stereocenters. The Hall–Kier alpha value is -8.45. The zero-order chi connectivity index (χ0) is 95.8. The van der Waals surface area contributed by atoms with E-state index >= 15 is 0 Å². The number of amides is 2. The van der Waals surface area contributed by atoms with E-state index in [-0.39, 0.29) is 205 Å². The first-order chi connectivity index (χ1) is 64.5. The van der Waals surface area contributed by atoms with Crippen LogP contribution in [0.1, 0.15) is 150 Å². The van der Waals surface area contributed by atoms with E-state index in [1.807, 2.05) is 158 Å². The molecular formula is C115H111Ar3Cl2F4N3O8PRu-3. The van der Waals surface area contributed by atoms with Crippen molar-refractivity contribution in [3.63, 3.8) is 0 Å². The van der Waals surface area contributed by atoms with Gasteiger partial charge in [-0.05, 0) is 227 Å². The molecule has 15 aromatic rings. The van der Waals surface area contributed by atoms with Crippen LogP contribution in [0.2, 0.25) is 0 Å². The van der Waals surface area contributed by atoms with Gasteiger partial charge < -0.3 is 46.5 Å². The molecule has 137 heavy (non-hydrogen) atoms. The van der Waals surface area contributed by atoms with E-state index in [9.17, 15) is 42.8 Å². The summed E-state index contributed by atoms with van der Waals surface area (Å²) in [5, 5.41) is 16.9. The van der Waals surface area contributed by atoms with Gasteiger partial charge in [0.2, 0.25) is 11.8 Å². The van der Waals surface area contributed by atoms with Gasteiger partial charge in [0, 0.05) is 137 Å². The number of rotatable bonds is 25. The summed E-state index contributed by atoms with van der Waals surface area (Å²) in [6.07, 6.45) is 0.514. The van der Waals surface area contributed by atoms with Crippen molar-refractivity contribution in [1.82, 2.24) is 0 Å². The van der Waals surface area contributed by atoms with E-state index in [2.05, 4.69) is 163 Å². The van der Waals surface area contributed by atoms with Gasteiger partial charge in [0.1, 0.15) is 59.5 Å². The third-order valence-corrected chi connectivity index (χ3v) is 24.7. The number of aliphatic hydroxyl groups is 1. The van der Waals surface area contributed by atoms with E-state index in [0.717, 1.165) is 56.2 Å². The number of Topliss-reactive ketones (excluding diaryl/α,β-unsaturated/α-hetero) is 1. The Morgan fingerprint density at radius 2 is 0.854 bits per heavy atom. The average molecular weight is 2060 g/mol. The molecule has 0 bridgehead atoms. The summed E-state index contributed by atoms with van der Waals surface area (Å²) < 4.78 is 75.8. The Bertz CT molecular complexity index is 6220. The van der Waals surface area contributed by atoms with Crippen LogP contribution in [-0.4, -0.2) is 36.9 Å². The Labute approximate surface area is 911 Å². The summed E-state index contributed by atoms with van der Waals surface area (Å²) in [6.45, 7) is 24.8. The standard InChI is InChI=1S/C31H27F2NO3.C31H25F2NO3.C21H16P.C20H25NO2.C12H18.3Ar.2ClH.Ru/c2*32-24-10-6-22(7-11-24)29(35)19-18-28-30(34(31(28)36)26-14-12-25(33)13-15-26)23-8-16-27(17-9-23)37-20-21-4-2-1-3-5-21;1-14-10-11-15-6-2-4-8-17(15)20(14)21-18-9-5-3-7-16(18)12-13-19(21)22;1-14(2)15(3)20(21,16-6-10-18(22-4)11-7-16)17-8-12-19(23-5)13-9-17;1-9-6-10(2)8-11(7-9)12(3,4)5;;;;;;/h1-17,28-30,35H,18-20H2;1-17,28,30H,18-20H2;2-13H,1,22H2;6-15,21H,3H2,1-2,4-5H3;6-8H,1-5H3;;;;2*1H;/q;;-1;-2;;;;;;;+2/p-2/t28-,29+,30-;28-,30-;;15-;;;;;;;/m11.1......./s1. The number of ketones is 1. The quantitative estimate of drug-likeness (QED) is 0.0149. The molecule has 2 saturated heterocycles. The van der Waals surface area contributed by atoms with Crippen LogP contribution < -0.4 is 34.1 Å². The summed E-state index contributed by atoms with van der Waals surface area (Å²) in [4.78, 5) is 42.4. The first-order valence-corrected chi connectivity index (χ1v) is 49.4. The number of ether oxygens (including phenoxy) is 4. The Balaban J connectivity index is 0.000000197. The maximum absolute atomic E-state index is 13.5. The van der Waals surface area contributed by atoms with Crippen LogP contribution in [0.5, 0.6) is 23.0 Å². The van der Waals surface area contributed by atoms with E-state index < -0.39 is 23.4 Å². The van der Waals surface area contributed by atoms with Crippen LogP contribution in [0, 0.1) is 188 Å². The fourth-order valence-electron chi connectivity index (χ4n) is 16.9. The van der Waals surface area contributed by atoms with Gasteiger partial charge in [-0.2, -0.15) is 24.5 Å². The fraction of sp³-hybridized carbons (Fsp3) is 0.209. The van der Waals surface area contributed by atoms with Crippen molar-refractivity contribution in [2.45, 2.75) is 117 Å². The van der Waals surface area contributed by atoms with Crippen molar-refractivity contribution in [2.24, 2.45) is 23.7 Å².